The van der Waals surface area contributed by atoms with E-state index in [9.17, 15) is 9.18 Å². The number of nitrogens with two attached hydrogens (primary N) is 3. The largest absolute Gasteiger partial charge is 0.397 e. The van der Waals surface area contributed by atoms with E-state index in [1.165, 1.54) is 18.2 Å². The molecule has 2 aromatic carbocycles. The van der Waals surface area contributed by atoms with Crippen LogP contribution in [0.25, 0.3) is 21.6 Å². The van der Waals surface area contributed by atoms with Crippen LogP contribution in [-0.4, -0.2) is 61.0 Å². The van der Waals surface area contributed by atoms with Gasteiger partial charge in [0.25, 0.3) is 5.91 Å². The maximum atomic E-state index is 15.8. The minimum absolute atomic E-state index is 0.00982. The van der Waals surface area contributed by atoms with E-state index in [4.69, 9.17) is 22.6 Å². The molecule has 1 aliphatic heterocycles. The summed E-state index contributed by atoms with van der Waals surface area (Å²) >= 11 is 0.971. The van der Waals surface area contributed by atoms with Crippen molar-refractivity contribution >= 4 is 28.6 Å². The van der Waals surface area contributed by atoms with E-state index >= 15 is 8.78 Å². The number of rotatable bonds is 7. The molecular formula is C29H34F3N7OS. The van der Waals surface area contributed by atoms with Crippen molar-refractivity contribution in [3.05, 3.63) is 58.2 Å². The molecule has 8 nitrogen and oxygen atoms in total. The third-order valence-electron chi connectivity index (χ3n) is 7.08. The fraction of sp³-hybridized carbons (Fsp3) is 0.379. The maximum absolute atomic E-state index is 15.8. The van der Waals surface area contributed by atoms with Gasteiger partial charge in [-0.3, -0.25) is 4.79 Å². The van der Waals surface area contributed by atoms with Gasteiger partial charge < -0.3 is 26.3 Å². The Hall–Kier alpha value is -3.63. The summed E-state index contributed by atoms with van der Waals surface area (Å²) < 4.78 is 45.9. The van der Waals surface area contributed by atoms with Crippen molar-refractivity contribution in [2.45, 2.75) is 38.3 Å². The lowest BCUT2D eigenvalue weighted by Gasteiger charge is -2.35. The number of benzene rings is 2. The highest BCUT2D eigenvalue weighted by Gasteiger charge is 2.30. The van der Waals surface area contributed by atoms with Crippen LogP contribution in [0, 0.1) is 28.8 Å². The summed E-state index contributed by atoms with van der Waals surface area (Å²) in [5, 5.41) is 10.1. The van der Waals surface area contributed by atoms with Crippen LogP contribution in [0.3, 0.4) is 0 Å². The molecule has 1 unspecified atom stereocenters. The molecule has 4 rings (SSSR count). The molecule has 2 heterocycles. The number of hydrazine groups is 1. The minimum Gasteiger partial charge on any atom is -0.397 e. The first kappa shape index (κ1) is 30.3. The number of halogens is 3. The Morgan fingerprint density at radius 1 is 1.17 bits per heavy atom. The number of hydrogen-bond acceptors (Lipinski definition) is 8. The zero-order valence-electron chi connectivity index (χ0n) is 23.5. The lowest BCUT2D eigenvalue weighted by Crippen LogP contribution is -2.49. The average molecular weight is 586 g/mol. The Balaban J connectivity index is 1.85. The highest BCUT2D eigenvalue weighted by molar-refractivity contribution is 7.18. The van der Waals surface area contributed by atoms with E-state index in [-0.39, 0.29) is 50.7 Å². The van der Waals surface area contributed by atoms with E-state index in [1.54, 1.807) is 30.9 Å². The van der Waals surface area contributed by atoms with Gasteiger partial charge >= 0.3 is 0 Å². The Morgan fingerprint density at radius 3 is 2.49 bits per heavy atom. The van der Waals surface area contributed by atoms with Crippen LogP contribution in [0.2, 0.25) is 0 Å². The van der Waals surface area contributed by atoms with Crippen LogP contribution in [0.5, 0.6) is 0 Å². The molecule has 0 spiro atoms. The smallest absolute Gasteiger partial charge is 0.264 e. The highest BCUT2D eigenvalue weighted by Crippen LogP contribution is 2.44. The van der Waals surface area contributed by atoms with Gasteiger partial charge in [-0.15, -0.1) is 11.3 Å². The first-order valence-corrected chi connectivity index (χ1v) is 13.9. The summed E-state index contributed by atoms with van der Waals surface area (Å²) in [7, 11) is 3.92. The second kappa shape index (κ2) is 11.7. The molecule has 1 aromatic heterocycles. The number of hydrogen-bond donors (Lipinski definition) is 3. The molecule has 0 saturated carbocycles. The molecule has 1 atom stereocenters. The summed E-state index contributed by atoms with van der Waals surface area (Å²) in [6.07, 6.45) is 1.78. The van der Waals surface area contributed by atoms with Crippen molar-refractivity contribution in [2.24, 2.45) is 11.6 Å². The van der Waals surface area contributed by atoms with E-state index in [2.05, 4.69) is 4.90 Å². The summed E-state index contributed by atoms with van der Waals surface area (Å²) in [6.45, 7) is 4.44. The first-order valence-electron chi connectivity index (χ1n) is 13.1. The quantitative estimate of drug-likeness (QED) is 0.211. The number of likely N-dealkylation sites (tertiary alicyclic amines) is 1. The molecule has 12 heteroatoms. The Bertz CT molecular complexity index is 1510. The molecule has 0 bridgehead atoms. The normalized spacial score (nSPS) is 15.7. The van der Waals surface area contributed by atoms with Crippen molar-refractivity contribution < 1.29 is 18.0 Å². The molecule has 1 fully saturated rings. The second-order valence-corrected chi connectivity index (χ2v) is 12.3. The van der Waals surface area contributed by atoms with Gasteiger partial charge in [-0.05, 0) is 70.6 Å². The number of carbonyl (C=O) groups excluding carboxylic acids is 1. The fourth-order valence-corrected chi connectivity index (χ4v) is 6.17. The molecule has 0 aliphatic carbocycles. The number of nitrogens with zero attached hydrogens (tertiary/aromatic N) is 4. The van der Waals surface area contributed by atoms with Crippen LogP contribution in [0.15, 0.2) is 30.3 Å². The lowest BCUT2D eigenvalue weighted by molar-refractivity contribution is 0.0640. The van der Waals surface area contributed by atoms with Crippen LogP contribution in [-0.2, 0) is 0 Å². The van der Waals surface area contributed by atoms with Crippen molar-refractivity contribution in [1.29, 1.82) is 5.26 Å². The number of likely N-dealkylation sites (N-methyl/N-ethyl adjacent to an activating group) is 1. The minimum atomic E-state index is -1.27. The molecule has 41 heavy (non-hydrogen) atoms. The second-order valence-electron chi connectivity index (χ2n) is 11.3. The summed E-state index contributed by atoms with van der Waals surface area (Å²) in [5.74, 6) is 2.49. The molecule has 218 valence electrons. The molecular weight excluding hydrogens is 551 g/mol. The van der Waals surface area contributed by atoms with Crippen molar-refractivity contribution in [1.82, 2.24) is 9.80 Å². The zero-order chi connectivity index (χ0) is 30.2. The molecule has 3 aromatic rings. The SMILES string of the molecule is CN(C)C1CCCN(C(=O)c2cc(-c3ccc(C#N)c(F)c3)c(-c3cc(N)c(N(N)CC(C)(C)N)c(F)c3F)s2)C1. The third kappa shape index (κ3) is 6.33. The average Bonchev–Trinajstić information content (AvgIpc) is 3.34. The van der Waals surface area contributed by atoms with Gasteiger partial charge in [-0.25, -0.2) is 19.0 Å². The van der Waals surface area contributed by atoms with Crippen molar-refractivity contribution in [3.63, 3.8) is 0 Å². The van der Waals surface area contributed by atoms with Gasteiger partial charge in [0, 0.05) is 40.7 Å². The Morgan fingerprint density at radius 2 is 1.88 bits per heavy atom. The van der Waals surface area contributed by atoms with Crippen LogP contribution in [0.4, 0.5) is 24.5 Å². The molecule has 1 amide bonds. The summed E-state index contributed by atoms with van der Waals surface area (Å²) in [6, 6.07) is 8.70. The van der Waals surface area contributed by atoms with Crippen molar-refractivity contribution in [3.8, 4) is 27.6 Å². The fourth-order valence-electron chi connectivity index (χ4n) is 5.01. The predicted molar refractivity (Wildman–Crippen MR) is 157 cm³/mol. The first-order chi connectivity index (χ1) is 19.2. The topological polar surface area (TPSA) is 129 Å². The van der Waals surface area contributed by atoms with Gasteiger partial charge in [-0.2, -0.15) is 5.26 Å². The van der Waals surface area contributed by atoms with Gasteiger partial charge in [0.1, 0.15) is 17.6 Å². The molecule has 6 N–H and O–H groups in total. The lowest BCUT2D eigenvalue weighted by atomic mass is 9.99. The standard InChI is InChI=1S/C29H34F3N7OS/c1-29(2,35)15-39(36)26-22(34)11-20(24(31)25(26)32)27-19(16-7-8-17(13-33)21(30)10-16)12-23(41-27)28(40)38-9-5-6-18(14-38)37(3)4/h7-8,10-12,18H,5-6,9,14-15,34-36H2,1-4H3. The number of anilines is 2. The maximum Gasteiger partial charge on any atom is 0.264 e. The number of carbonyl (C=O) groups is 1. The molecule has 1 aliphatic rings. The Kier molecular flexibility index (Phi) is 8.65. The van der Waals surface area contributed by atoms with E-state index < -0.39 is 23.0 Å². The number of amides is 1. The van der Waals surface area contributed by atoms with Gasteiger partial charge in [-0.1, -0.05) is 6.07 Å². The van der Waals surface area contributed by atoms with Gasteiger partial charge in [0.2, 0.25) is 0 Å². The number of nitriles is 1. The van der Waals surface area contributed by atoms with Crippen LogP contribution < -0.4 is 22.3 Å². The van der Waals surface area contributed by atoms with E-state index in [0.29, 0.717) is 24.2 Å². The van der Waals surface area contributed by atoms with Gasteiger partial charge in [0.05, 0.1) is 22.7 Å². The van der Waals surface area contributed by atoms with E-state index in [1.807, 2.05) is 14.1 Å². The van der Waals surface area contributed by atoms with Crippen LogP contribution >= 0.6 is 11.3 Å². The number of piperidine rings is 1. The van der Waals surface area contributed by atoms with Gasteiger partial charge in [0.15, 0.2) is 11.6 Å². The monoisotopic (exact) mass is 585 g/mol. The van der Waals surface area contributed by atoms with E-state index in [0.717, 1.165) is 35.3 Å². The van der Waals surface area contributed by atoms with Crippen LogP contribution in [0.1, 0.15) is 41.9 Å². The Labute approximate surface area is 241 Å². The molecule has 0 radical (unpaired) electrons. The number of thiophene rings is 1. The highest BCUT2D eigenvalue weighted by atomic mass is 32.1. The van der Waals surface area contributed by atoms with Crippen molar-refractivity contribution in [2.75, 3.05) is 44.5 Å². The number of nitrogen functional groups attached to an aromatic ring is 1. The summed E-state index contributed by atoms with van der Waals surface area (Å²) in [4.78, 5) is 17.9. The zero-order valence-corrected chi connectivity index (χ0v) is 24.3. The third-order valence-corrected chi connectivity index (χ3v) is 8.23. The summed E-state index contributed by atoms with van der Waals surface area (Å²) in [5.41, 5.74) is 11.1. The molecule has 1 saturated heterocycles. The predicted octanol–water partition coefficient (Wildman–Crippen LogP) is 4.54.